The number of benzene rings is 2. The van der Waals surface area contributed by atoms with E-state index in [9.17, 15) is 18.0 Å². The lowest BCUT2D eigenvalue weighted by Crippen LogP contribution is -2.34. The molecule has 0 radical (unpaired) electrons. The van der Waals surface area contributed by atoms with Gasteiger partial charge in [0.2, 0.25) is 0 Å². The molecule has 0 amide bonds. The Morgan fingerprint density at radius 1 is 1.11 bits per heavy atom. The number of ketones is 1. The van der Waals surface area contributed by atoms with Gasteiger partial charge in [0.25, 0.3) is 10.0 Å². The molecule has 0 aromatic heterocycles. The minimum atomic E-state index is -4.02. The fraction of sp³-hybridized carbons (Fsp3) is 0.300. The fourth-order valence-corrected chi connectivity index (χ4v) is 4.31. The molecule has 1 heterocycles. The number of rotatable bonds is 6. The zero-order chi connectivity index (χ0) is 20.1. The number of hydrogen-bond donors (Lipinski definition) is 1. The summed E-state index contributed by atoms with van der Waals surface area (Å²) in [7, 11) is -4.02. The molecule has 0 bridgehead atoms. The number of anilines is 2. The Labute approximate surface area is 164 Å². The molecule has 0 atom stereocenters. The molecule has 1 aliphatic rings. The Kier molecular flexibility index (Phi) is 5.99. The molecule has 2 aromatic carbocycles. The summed E-state index contributed by atoms with van der Waals surface area (Å²) < 4.78 is 33.6. The monoisotopic (exact) mass is 402 g/mol. The molecule has 28 heavy (non-hydrogen) atoms. The lowest BCUT2D eigenvalue weighted by atomic mass is 10.1. The second-order valence-electron chi connectivity index (χ2n) is 6.40. The maximum Gasteiger partial charge on any atom is 0.339 e. The smallest absolute Gasteiger partial charge is 0.339 e. The first-order valence-electron chi connectivity index (χ1n) is 9.06. The molecule has 8 heteroatoms. The standard InChI is InChI=1S/C20H22N2O5S/c1-2-27-20(24)18-9-8-16(22-12-10-17(23)11-13-22)14-19(18)28(25,26)21-15-6-4-3-5-7-15/h3-9,14,21H,2,10-13H2,1H3. The van der Waals surface area contributed by atoms with Crippen molar-refractivity contribution in [1.82, 2.24) is 0 Å². The van der Waals surface area contributed by atoms with E-state index >= 15 is 0 Å². The molecule has 7 nitrogen and oxygen atoms in total. The third-order valence-electron chi connectivity index (χ3n) is 4.46. The highest BCUT2D eigenvalue weighted by Gasteiger charge is 2.26. The number of carbonyl (C=O) groups is 2. The van der Waals surface area contributed by atoms with E-state index in [1.165, 1.54) is 12.1 Å². The van der Waals surface area contributed by atoms with Crippen molar-refractivity contribution in [2.75, 3.05) is 29.3 Å². The van der Waals surface area contributed by atoms with Crippen LogP contribution in [0.5, 0.6) is 0 Å². The van der Waals surface area contributed by atoms with Gasteiger partial charge in [-0.2, -0.15) is 0 Å². The van der Waals surface area contributed by atoms with Crippen molar-refractivity contribution in [3.63, 3.8) is 0 Å². The minimum Gasteiger partial charge on any atom is -0.462 e. The predicted molar refractivity (Wildman–Crippen MR) is 106 cm³/mol. The number of sulfonamides is 1. The number of para-hydroxylation sites is 1. The van der Waals surface area contributed by atoms with Gasteiger partial charge in [0.1, 0.15) is 10.7 Å². The maximum absolute atomic E-state index is 13.0. The highest BCUT2D eigenvalue weighted by molar-refractivity contribution is 7.92. The Morgan fingerprint density at radius 2 is 1.79 bits per heavy atom. The average Bonchev–Trinajstić information content (AvgIpc) is 2.69. The van der Waals surface area contributed by atoms with E-state index in [0.29, 0.717) is 37.3 Å². The summed E-state index contributed by atoms with van der Waals surface area (Å²) >= 11 is 0. The van der Waals surface area contributed by atoms with Gasteiger partial charge in [0.15, 0.2) is 0 Å². The van der Waals surface area contributed by atoms with Gasteiger partial charge in [-0.05, 0) is 37.3 Å². The van der Waals surface area contributed by atoms with Gasteiger partial charge in [-0.3, -0.25) is 9.52 Å². The average molecular weight is 402 g/mol. The molecule has 1 aliphatic heterocycles. The van der Waals surface area contributed by atoms with Gasteiger partial charge in [0, 0.05) is 37.3 Å². The largest absolute Gasteiger partial charge is 0.462 e. The van der Waals surface area contributed by atoms with Gasteiger partial charge in [-0.1, -0.05) is 18.2 Å². The summed E-state index contributed by atoms with van der Waals surface area (Å²) in [6, 6.07) is 13.1. The molecule has 1 N–H and O–H groups in total. The molecule has 0 spiro atoms. The van der Waals surface area contributed by atoms with Crippen molar-refractivity contribution in [3.8, 4) is 0 Å². The van der Waals surface area contributed by atoms with E-state index in [0.717, 1.165) is 0 Å². The van der Waals surface area contributed by atoms with Crippen molar-refractivity contribution in [2.45, 2.75) is 24.7 Å². The van der Waals surface area contributed by atoms with Gasteiger partial charge < -0.3 is 9.64 Å². The molecular weight excluding hydrogens is 380 g/mol. The quantitative estimate of drug-likeness (QED) is 0.747. The van der Waals surface area contributed by atoms with Gasteiger partial charge in [-0.25, -0.2) is 13.2 Å². The third kappa shape index (κ3) is 4.51. The van der Waals surface area contributed by atoms with Crippen LogP contribution in [0.25, 0.3) is 0 Å². The third-order valence-corrected chi connectivity index (χ3v) is 5.88. The molecule has 0 saturated carbocycles. The predicted octanol–water partition coefficient (Wildman–Crippen LogP) is 2.83. The van der Waals surface area contributed by atoms with Crippen LogP contribution >= 0.6 is 0 Å². The number of nitrogens with one attached hydrogen (secondary N) is 1. The number of ether oxygens (including phenoxy) is 1. The van der Waals surface area contributed by atoms with Crippen LogP contribution < -0.4 is 9.62 Å². The topological polar surface area (TPSA) is 92.8 Å². The summed E-state index contributed by atoms with van der Waals surface area (Å²) in [5.41, 5.74) is 1.02. The Morgan fingerprint density at radius 3 is 2.43 bits per heavy atom. The van der Waals surface area contributed by atoms with E-state index in [1.807, 2.05) is 4.90 Å². The zero-order valence-corrected chi connectivity index (χ0v) is 16.4. The Bertz CT molecular complexity index is 963. The van der Waals surface area contributed by atoms with E-state index < -0.39 is 16.0 Å². The minimum absolute atomic E-state index is 0.0258. The molecule has 1 fully saturated rings. The maximum atomic E-state index is 13.0. The van der Waals surface area contributed by atoms with Crippen LogP contribution in [0.15, 0.2) is 53.4 Å². The Hall–Kier alpha value is -2.87. The van der Waals surface area contributed by atoms with Crippen LogP contribution in [-0.2, 0) is 19.6 Å². The molecule has 148 valence electrons. The number of Topliss-reactive ketones (excluding diaryl/α,β-unsaturated/α-hetero) is 1. The highest BCUT2D eigenvalue weighted by Crippen LogP contribution is 2.27. The van der Waals surface area contributed by atoms with Crippen LogP contribution in [0.1, 0.15) is 30.1 Å². The highest BCUT2D eigenvalue weighted by atomic mass is 32.2. The van der Waals surface area contributed by atoms with Crippen molar-refractivity contribution in [2.24, 2.45) is 0 Å². The molecule has 0 unspecified atom stereocenters. The van der Waals surface area contributed by atoms with E-state index in [4.69, 9.17) is 4.74 Å². The normalized spacial score (nSPS) is 14.6. The lowest BCUT2D eigenvalue weighted by Gasteiger charge is -2.28. The van der Waals surface area contributed by atoms with Crippen molar-refractivity contribution < 1.29 is 22.7 Å². The van der Waals surface area contributed by atoms with Gasteiger partial charge >= 0.3 is 5.97 Å². The Balaban J connectivity index is 2.00. The van der Waals surface area contributed by atoms with Crippen molar-refractivity contribution >= 4 is 33.2 Å². The van der Waals surface area contributed by atoms with E-state index in [-0.39, 0.29) is 22.8 Å². The second-order valence-corrected chi connectivity index (χ2v) is 8.05. The zero-order valence-electron chi connectivity index (χ0n) is 15.6. The SMILES string of the molecule is CCOC(=O)c1ccc(N2CCC(=O)CC2)cc1S(=O)(=O)Nc1ccccc1. The van der Waals surface area contributed by atoms with Crippen LogP contribution in [0.2, 0.25) is 0 Å². The summed E-state index contributed by atoms with van der Waals surface area (Å²) in [6.07, 6.45) is 0.841. The first-order valence-corrected chi connectivity index (χ1v) is 10.5. The second kappa shape index (κ2) is 8.43. The van der Waals surface area contributed by atoms with Crippen LogP contribution in [-0.4, -0.2) is 39.9 Å². The first-order chi connectivity index (χ1) is 13.4. The van der Waals surface area contributed by atoms with Crippen LogP contribution in [0.4, 0.5) is 11.4 Å². The first kappa shape index (κ1) is 19.9. The molecule has 3 rings (SSSR count). The number of nitrogens with zero attached hydrogens (tertiary/aromatic N) is 1. The van der Waals surface area contributed by atoms with Gasteiger partial charge in [0.05, 0.1) is 12.2 Å². The van der Waals surface area contributed by atoms with Gasteiger partial charge in [-0.15, -0.1) is 0 Å². The summed E-state index contributed by atoms with van der Waals surface area (Å²) in [5.74, 6) is -0.505. The van der Waals surface area contributed by atoms with Crippen molar-refractivity contribution in [1.29, 1.82) is 0 Å². The number of carbonyl (C=O) groups excluding carboxylic acids is 2. The van der Waals surface area contributed by atoms with E-state index in [2.05, 4.69) is 4.72 Å². The number of esters is 1. The molecule has 1 saturated heterocycles. The van der Waals surface area contributed by atoms with Crippen LogP contribution in [0.3, 0.4) is 0 Å². The summed E-state index contributed by atoms with van der Waals surface area (Å²) in [5, 5.41) is 0. The number of hydrogen-bond acceptors (Lipinski definition) is 6. The number of piperidine rings is 1. The molecule has 2 aromatic rings. The lowest BCUT2D eigenvalue weighted by molar-refractivity contribution is -0.119. The molecular formula is C20H22N2O5S. The summed E-state index contributed by atoms with van der Waals surface area (Å²) in [6.45, 7) is 2.83. The van der Waals surface area contributed by atoms with E-state index in [1.54, 1.807) is 43.3 Å². The van der Waals surface area contributed by atoms with Crippen LogP contribution in [0, 0.1) is 0 Å². The van der Waals surface area contributed by atoms with Crippen molar-refractivity contribution in [3.05, 3.63) is 54.1 Å². The summed E-state index contributed by atoms with van der Waals surface area (Å²) in [4.78, 5) is 25.6. The molecule has 0 aliphatic carbocycles. The fourth-order valence-electron chi connectivity index (χ4n) is 3.04.